The van der Waals surface area contributed by atoms with E-state index >= 15 is 0 Å². The van der Waals surface area contributed by atoms with Crippen LogP contribution in [0, 0.1) is 0 Å². The standard InChI is InChI=1S/C13H19NO4/c1-16-5-6-18-12-4-3-10(7-11(12)9-14)8-13(15)17-2/h3-4,7H,5-6,8-9,14H2,1-2H3. The first-order valence-corrected chi connectivity index (χ1v) is 5.71. The molecule has 0 fully saturated rings. The Bertz CT molecular complexity index is 393. The highest BCUT2D eigenvalue weighted by Crippen LogP contribution is 2.20. The Balaban J connectivity index is 2.73. The number of carbonyl (C=O) groups is 1. The second-order valence-corrected chi connectivity index (χ2v) is 3.74. The minimum absolute atomic E-state index is 0.238. The zero-order valence-electron chi connectivity index (χ0n) is 10.8. The Morgan fingerprint density at radius 1 is 1.28 bits per heavy atom. The zero-order chi connectivity index (χ0) is 13.4. The molecule has 5 nitrogen and oxygen atoms in total. The summed E-state index contributed by atoms with van der Waals surface area (Å²) >= 11 is 0. The third-order valence-electron chi connectivity index (χ3n) is 2.47. The van der Waals surface area contributed by atoms with E-state index < -0.39 is 0 Å². The summed E-state index contributed by atoms with van der Waals surface area (Å²) in [5.41, 5.74) is 7.39. The van der Waals surface area contributed by atoms with Gasteiger partial charge in [0.05, 0.1) is 20.1 Å². The maximum Gasteiger partial charge on any atom is 0.309 e. The number of benzene rings is 1. The van der Waals surface area contributed by atoms with Crippen molar-refractivity contribution in [2.45, 2.75) is 13.0 Å². The van der Waals surface area contributed by atoms with Crippen molar-refractivity contribution in [3.63, 3.8) is 0 Å². The lowest BCUT2D eigenvalue weighted by atomic mass is 10.1. The van der Waals surface area contributed by atoms with Gasteiger partial charge in [0.1, 0.15) is 12.4 Å². The van der Waals surface area contributed by atoms with Gasteiger partial charge >= 0.3 is 5.97 Å². The van der Waals surface area contributed by atoms with Gasteiger partial charge in [0, 0.05) is 19.2 Å². The van der Waals surface area contributed by atoms with Gasteiger partial charge in [-0.2, -0.15) is 0 Å². The van der Waals surface area contributed by atoms with Crippen molar-refractivity contribution in [1.82, 2.24) is 0 Å². The summed E-state index contributed by atoms with van der Waals surface area (Å²) < 4.78 is 15.1. The lowest BCUT2D eigenvalue weighted by Gasteiger charge is -2.11. The molecule has 0 spiro atoms. The van der Waals surface area contributed by atoms with E-state index in [-0.39, 0.29) is 12.4 Å². The van der Waals surface area contributed by atoms with Crippen molar-refractivity contribution >= 4 is 5.97 Å². The minimum Gasteiger partial charge on any atom is -0.491 e. The summed E-state index contributed by atoms with van der Waals surface area (Å²) in [4.78, 5) is 11.2. The van der Waals surface area contributed by atoms with Gasteiger partial charge in [0.2, 0.25) is 0 Å². The summed E-state index contributed by atoms with van der Waals surface area (Å²) in [6, 6.07) is 5.51. The van der Waals surface area contributed by atoms with Gasteiger partial charge in [-0.3, -0.25) is 4.79 Å². The molecule has 1 rings (SSSR count). The predicted octanol–water partition coefficient (Wildman–Crippen LogP) is 0.886. The number of esters is 1. The van der Waals surface area contributed by atoms with Crippen LogP contribution in [0.25, 0.3) is 0 Å². The van der Waals surface area contributed by atoms with E-state index in [1.807, 2.05) is 18.2 Å². The van der Waals surface area contributed by atoms with Crippen molar-refractivity contribution < 1.29 is 19.0 Å². The highest BCUT2D eigenvalue weighted by molar-refractivity contribution is 5.72. The van der Waals surface area contributed by atoms with Crippen LogP contribution in [0.15, 0.2) is 18.2 Å². The van der Waals surface area contributed by atoms with Gasteiger partial charge in [-0.15, -0.1) is 0 Å². The number of hydrogen-bond donors (Lipinski definition) is 1. The van der Waals surface area contributed by atoms with E-state index in [1.54, 1.807) is 7.11 Å². The summed E-state index contributed by atoms with van der Waals surface area (Å²) in [5.74, 6) is 0.453. The van der Waals surface area contributed by atoms with E-state index in [1.165, 1.54) is 7.11 Å². The van der Waals surface area contributed by atoms with Crippen molar-refractivity contribution in [3.05, 3.63) is 29.3 Å². The fraction of sp³-hybridized carbons (Fsp3) is 0.462. The second kappa shape index (κ2) is 7.68. The van der Waals surface area contributed by atoms with E-state index in [9.17, 15) is 4.79 Å². The van der Waals surface area contributed by atoms with Crippen LogP contribution < -0.4 is 10.5 Å². The third kappa shape index (κ3) is 4.35. The van der Waals surface area contributed by atoms with Crippen molar-refractivity contribution in [1.29, 1.82) is 0 Å². The van der Waals surface area contributed by atoms with Crippen LogP contribution in [0.4, 0.5) is 0 Å². The number of ether oxygens (including phenoxy) is 3. The molecule has 1 aromatic carbocycles. The largest absolute Gasteiger partial charge is 0.491 e. The normalized spacial score (nSPS) is 10.2. The van der Waals surface area contributed by atoms with E-state index in [2.05, 4.69) is 4.74 Å². The Morgan fingerprint density at radius 3 is 2.67 bits per heavy atom. The summed E-state index contributed by atoms with van der Waals surface area (Å²) in [6.45, 7) is 1.35. The average molecular weight is 253 g/mol. The molecule has 0 heterocycles. The van der Waals surface area contributed by atoms with E-state index in [4.69, 9.17) is 15.2 Å². The first kappa shape index (κ1) is 14.5. The summed E-state index contributed by atoms with van der Waals surface area (Å²) in [6.07, 6.45) is 0.238. The fourth-order valence-corrected chi connectivity index (χ4v) is 1.52. The molecule has 0 aliphatic carbocycles. The Morgan fingerprint density at radius 2 is 2.06 bits per heavy atom. The predicted molar refractivity (Wildman–Crippen MR) is 67.4 cm³/mol. The van der Waals surface area contributed by atoms with Gasteiger partial charge in [-0.05, 0) is 11.6 Å². The van der Waals surface area contributed by atoms with E-state index in [0.717, 1.165) is 16.9 Å². The van der Waals surface area contributed by atoms with Gasteiger partial charge < -0.3 is 19.9 Å². The molecule has 100 valence electrons. The molecule has 18 heavy (non-hydrogen) atoms. The monoisotopic (exact) mass is 253 g/mol. The van der Waals surface area contributed by atoms with Gasteiger partial charge in [0.15, 0.2) is 0 Å². The lowest BCUT2D eigenvalue weighted by Crippen LogP contribution is -2.09. The molecule has 2 N–H and O–H groups in total. The lowest BCUT2D eigenvalue weighted by molar-refractivity contribution is -0.139. The molecule has 0 bridgehead atoms. The number of nitrogens with two attached hydrogens (primary N) is 1. The van der Waals surface area contributed by atoms with Crippen molar-refractivity contribution in [2.24, 2.45) is 5.73 Å². The first-order chi connectivity index (χ1) is 8.71. The Kier molecular flexibility index (Phi) is 6.18. The van der Waals surface area contributed by atoms with E-state index in [0.29, 0.717) is 19.8 Å². The van der Waals surface area contributed by atoms with Crippen molar-refractivity contribution in [2.75, 3.05) is 27.4 Å². The second-order valence-electron chi connectivity index (χ2n) is 3.74. The Hall–Kier alpha value is -1.59. The minimum atomic E-state index is -0.272. The number of methoxy groups -OCH3 is 2. The first-order valence-electron chi connectivity index (χ1n) is 5.71. The highest BCUT2D eigenvalue weighted by atomic mass is 16.5. The topological polar surface area (TPSA) is 70.8 Å². The van der Waals surface area contributed by atoms with Gasteiger partial charge in [-0.25, -0.2) is 0 Å². The smallest absolute Gasteiger partial charge is 0.309 e. The number of hydrogen-bond acceptors (Lipinski definition) is 5. The molecule has 0 unspecified atom stereocenters. The molecule has 0 saturated heterocycles. The maximum absolute atomic E-state index is 11.2. The third-order valence-corrected chi connectivity index (χ3v) is 2.47. The molecule has 0 atom stereocenters. The number of carbonyl (C=O) groups excluding carboxylic acids is 1. The average Bonchev–Trinajstić information content (AvgIpc) is 2.40. The maximum atomic E-state index is 11.2. The van der Waals surface area contributed by atoms with Gasteiger partial charge in [0.25, 0.3) is 0 Å². The Labute approximate surface area is 107 Å². The molecule has 1 aromatic rings. The van der Waals surface area contributed by atoms with Gasteiger partial charge in [-0.1, -0.05) is 12.1 Å². The molecular weight excluding hydrogens is 234 g/mol. The molecule has 0 aliphatic rings. The number of rotatable bonds is 7. The molecule has 0 aromatic heterocycles. The molecular formula is C13H19NO4. The van der Waals surface area contributed by atoms with Crippen LogP contribution in [-0.2, 0) is 27.2 Å². The SMILES string of the molecule is COCCOc1ccc(CC(=O)OC)cc1CN. The molecule has 0 saturated carbocycles. The molecule has 5 heteroatoms. The quantitative estimate of drug-likeness (QED) is 0.577. The van der Waals surface area contributed by atoms with Crippen LogP contribution in [0.2, 0.25) is 0 Å². The highest BCUT2D eigenvalue weighted by Gasteiger charge is 2.07. The molecule has 0 radical (unpaired) electrons. The fourth-order valence-electron chi connectivity index (χ4n) is 1.52. The van der Waals surface area contributed by atoms with Crippen LogP contribution in [-0.4, -0.2) is 33.4 Å². The summed E-state index contributed by atoms with van der Waals surface area (Å²) in [7, 11) is 2.99. The zero-order valence-corrected chi connectivity index (χ0v) is 10.8. The van der Waals surface area contributed by atoms with Crippen LogP contribution >= 0.6 is 0 Å². The van der Waals surface area contributed by atoms with Crippen LogP contribution in [0.5, 0.6) is 5.75 Å². The summed E-state index contributed by atoms with van der Waals surface area (Å²) in [5, 5.41) is 0. The van der Waals surface area contributed by atoms with Crippen LogP contribution in [0.3, 0.4) is 0 Å². The molecule has 0 amide bonds. The van der Waals surface area contributed by atoms with Crippen molar-refractivity contribution in [3.8, 4) is 5.75 Å². The molecule has 0 aliphatic heterocycles. The van der Waals surface area contributed by atoms with Crippen LogP contribution in [0.1, 0.15) is 11.1 Å².